The van der Waals surface area contributed by atoms with Gasteiger partial charge in [0.1, 0.15) is 12.2 Å². The van der Waals surface area contributed by atoms with E-state index in [4.69, 9.17) is 25.1 Å². The topological polar surface area (TPSA) is 162 Å². The molecule has 0 aliphatic carbocycles. The van der Waals surface area contributed by atoms with Crippen LogP contribution >= 0.6 is 7.82 Å². The van der Waals surface area contributed by atoms with Crippen molar-refractivity contribution in [2.45, 2.75) is 12.2 Å². The highest BCUT2D eigenvalue weighted by atomic mass is 31.2. The Kier molecular flexibility index (Phi) is 10.6. The number of aliphatic hydroxyl groups is 3. The molecule has 96 valence electrons. The lowest BCUT2D eigenvalue weighted by Crippen LogP contribution is -2.15. The minimum absolute atomic E-state index is 0.121. The Morgan fingerprint density at radius 1 is 1.12 bits per heavy atom. The van der Waals surface area contributed by atoms with E-state index in [1.807, 2.05) is 0 Å². The number of phosphoric acid groups is 1. The Balaban J connectivity index is 0. The number of hydrogen-bond donors (Lipinski definition) is 5. The van der Waals surface area contributed by atoms with Gasteiger partial charge >= 0.3 is 7.82 Å². The molecule has 0 amide bonds. The van der Waals surface area contributed by atoms with E-state index in [9.17, 15) is 14.2 Å². The van der Waals surface area contributed by atoms with E-state index < -0.39 is 33.2 Å². The first-order valence-corrected chi connectivity index (χ1v) is 5.37. The molecule has 0 heterocycles. The van der Waals surface area contributed by atoms with Crippen molar-refractivity contribution in [3.63, 3.8) is 0 Å². The van der Waals surface area contributed by atoms with Gasteiger partial charge in [0.05, 0.1) is 13.2 Å². The average molecular weight is 260 g/mol. The number of hydrogen-bond acceptors (Lipinski definition) is 7. The summed E-state index contributed by atoms with van der Waals surface area (Å²) in [7, 11) is -4.55. The standard InChI is InChI=1S/C3H7O6P.C3H6O3/c4-1-3(5)2-9-10(6,7)8;4-1-3(6)2-5/h1,3,5H,2H2,(H2,6,7,8);1,3,5-6H,2H2/t2*3-/m00/s1. The molecule has 0 aliphatic heterocycles. The summed E-state index contributed by atoms with van der Waals surface area (Å²) in [5.74, 6) is 0. The van der Waals surface area contributed by atoms with Gasteiger partial charge in [-0.2, -0.15) is 0 Å². The van der Waals surface area contributed by atoms with Crippen LogP contribution in [0, 0.1) is 0 Å². The van der Waals surface area contributed by atoms with Crippen LogP contribution in [-0.4, -0.2) is 63.1 Å². The first-order valence-electron chi connectivity index (χ1n) is 3.84. The molecule has 16 heavy (non-hydrogen) atoms. The summed E-state index contributed by atoms with van der Waals surface area (Å²) in [6.07, 6.45) is -2.27. The Bertz CT molecular complexity index is 236. The lowest BCUT2D eigenvalue weighted by molar-refractivity contribution is -0.117. The summed E-state index contributed by atoms with van der Waals surface area (Å²) in [5.41, 5.74) is 0. The predicted octanol–water partition coefficient (Wildman–Crippen LogP) is -2.81. The monoisotopic (exact) mass is 260 g/mol. The number of aliphatic hydroxyl groups excluding tert-OH is 3. The van der Waals surface area contributed by atoms with Crippen LogP contribution in [-0.2, 0) is 18.7 Å². The van der Waals surface area contributed by atoms with Crippen molar-refractivity contribution in [2.75, 3.05) is 13.2 Å². The molecule has 0 aliphatic rings. The maximum Gasteiger partial charge on any atom is 0.469 e. The summed E-state index contributed by atoms with van der Waals surface area (Å²) < 4.78 is 13.7. The summed E-state index contributed by atoms with van der Waals surface area (Å²) in [6.45, 7) is -1.17. The van der Waals surface area contributed by atoms with Crippen LogP contribution in [0.1, 0.15) is 0 Å². The van der Waals surface area contributed by atoms with Crippen molar-refractivity contribution in [1.29, 1.82) is 0 Å². The van der Waals surface area contributed by atoms with Crippen LogP contribution in [0.25, 0.3) is 0 Å². The Morgan fingerprint density at radius 2 is 1.56 bits per heavy atom. The lowest BCUT2D eigenvalue weighted by atomic mass is 10.4. The molecule has 0 saturated heterocycles. The normalized spacial score (nSPS) is 14.3. The second kappa shape index (κ2) is 9.55. The fourth-order valence-corrected chi connectivity index (χ4v) is 0.603. The molecule has 0 aromatic heterocycles. The van der Waals surface area contributed by atoms with E-state index in [-0.39, 0.29) is 12.6 Å². The van der Waals surface area contributed by atoms with Gasteiger partial charge in [-0.25, -0.2) is 4.57 Å². The first kappa shape index (κ1) is 17.7. The number of aldehydes is 2. The lowest BCUT2D eigenvalue weighted by Gasteiger charge is -2.04. The molecule has 0 aromatic carbocycles. The largest absolute Gasteiger partial charge is 0.469 e. The molecule has 0 fully saturated rings. The third-order valence-corrected chi connectivity index (χ3v) is 1.40. The summed E-state index contributed by atoms with van der Waals surface area (Å²) >= 11 is 0. The van der Waals surface area contributed by atoms with Gasteiger partial charge in [-0.1, -0.05) is 0 Å². The van der Waals surface area contributed by atoms with Crippen molar-refractivity contribution >= 4 is 20.4 Å². The molecule has 0 radical (unpaired) electrons. The van der Waals surface area contributed by atoms with Gasteiger partial charge in [-0.3, -0.25) is 4.52 Å². The molecule has 0 saturated carbocycles. The van der Waals surface area contributed by atoms with Crippen LogP contribution < -0.4 is 0 Å². The molecular formula is C6H13O9P. The number of rotatable bonds is 6. The maximum atomic E-state index is 9.90. The zero-order valence-corrected chi connectivity index (χ0v) is 8.93. The molecule has 0 aromatic rings. The van der Waals surface area contributed by atoms with Crippen LogP contribution in [0.4, 0.5) is 0 Å². The van der Waals surface area contributed by atoms with Crippen molar-refractivity contribution in [3.8, 4) is 0 Å². The van der Waals surface area contributed by atoms with E-state index >= 15 is 0 Å². The Morgan fingerprint density at radius 3 is 1.75 bits per heavy atom. The van der Waals surface area contributed by atoms with Crippen molar-refractivity contribution in [3.05, 3.63) is 0 Å². The number of carbonyl (C=O) groups is 2. The SMILES string of the molecule is O=C[C@H](O)CO.O=C[C@H](O)COP(=O)(O)O. The first-order chi connectivity index (χ1) is 7.26. The highest BCUT2D eigenvalue weighted by Crippen LogP contribution is 2.35. The third-order valence-electron chi connectivity index (χ3n) is 0.915. The predicted molar refractivity (Wildman–Crippen MR) is 49.2 cm³/mol. The van der Waals surface area contributed by atoms with E-state index in [0.29, 0.717) is 0 Å². The molecule has 0 rings (SSSR count). The van der Waals surface area contributed by atoms with Crippen molar-refractivity contribution in [1.82, 2.24) is 0 Å². The third kappa shape index (κ3) is 15.8. The Hall–Kier alpha value is -0.670. The summed E-state index contributed by atoms with van der Waals surface area (Å²) in [5, 5.41) is 24.3. The van der Waals surface area contributed by atoms with E-state index in [1.165, 1.54) is 0 Å². The van der Waals surface area contributed by atoms with Crippen molar-refractivity contribution < 1.29 is 43.8 Å². The van der Waals surface area contributed by atoms with Crippen LogP contribution in [0.5, 0.6) is 0 Å². The zero-order chi connectivity index (χ0) is 13.2. The fraction of sp³-hybridized carbons (Fsp3) is 0.667. The maximum absolute atomic E-state index is 9.90. The van der Waals surface area contributed by atoms with Gasteiger partial charge in [0.15, 0.2) is 12.6 Å². The molecule has 0 bridgehead atoms. The van der Waals surface area contributed by atoms with Crippen LogP contribution in [0.3, 0.4) is 0 Å². The molecule has 0 spiro atoms. The van der Waals surface area contributed by atoms with Gasteiger partial charge in [0.25, 0.3) is 0 Å². The van der Waals surface area contributed by atoms with Gasteiger partial charge in [-0.15, -0.1) is 0 Å². The number of phosphoric ester groups is 1. The van der Waals surface area contributed by atoms with Gasteiger partial charge in [0, 0.05) is 0 Å². The van der Waals surface area contributed by atoms with Gasteiger partial charge in [0.2, 0.25) is 0 Å². The zero-order valence-electron chi connectivity index (χ0n) is 8.04. The average Bonchev–Trinajstić information content (AvgIpc) is 2.24. The molecule has 9 nitrogen and oxygen atoms in total. The van der Waals surface area contributed by atoms with Gasteiger partial charge in [-0.05, 0) is 0 Å². The highest BCUT2D eigenvalue weighted by molar-refractivity contribution is 7.46. The smallest absolute Gasteiger partial charge is 0.393 e. The molecule has 2 atom stereocenters. The second-order valence-corrected chi connectivity index (χ2v) is 3.62. The van der Waals surface area contributed by atoms with E-state index in [1.54, 1.807) is 0 Å². The van der Waals surface area contributed by atoms with E-state index in [2.05, 4.69) is 4.52 Å². The van der Waals surface area contributed by atoms with E-state index in [0.717, 1.165) is 0 Å². The minimum Gasteiger partial charge on any atom is -0.393 e. The molecule has 0 unspecified atom stereocenters. The summed E-state index contributed by atoms with van der Waals surface area (Å²) in [6, 6.07) is 0. The van der Waals surface area contributed by atoms with Crippen LogP contribution in [0.15, 0.2) is 0 Å². The quantitative estimate of drug-likeness (QED) is 0.250. The molecule has 10 heteroatoms. The van der Waals surface area contributed by atoms with Crippen molar-refractivity contribution in [2.24, 2.45) is 0 Å². The van der Waals surface area contributed by atoms with Crippen LogP contribution in [0.2, 0.25) is 0 Å². The summed E-state index contributed by atoms with van der Waals surface area (Å²) in [4.78, 5) is 35.0. The Labute approximate surface area is 90.5 Å². The number of carbonyl (C=O) groups excluding carboxylic acids is 2. The molecule has 5 N–H and O–H groups in total. The molecular weight excluding hydrogens is 247 g/mol. The second-order valence-electron chi connectivity index (χ2n) is 2.38. The fourth-order valence-electron chi connectivity index (χ4n) is 0.256. The van der Waals surface area contributed by atoms with Gasteiger partial charge < -0.3 is 34.7 Å². The highest BCUT2D eigenvalue weighted by Gasteiger charge is 2.15. The minimum atomic E-state index is -4.55.